The first-order chi connectivity index (χ1) is 12.3. The lowest BCUT2D eigenvalue weighted by atomic mass is 10.1. The fourth-order valence-electron chi connectivity index (χ4n) is 2.70. The third kappa shape index (κ3) is 3.89. The van der Waals surface area contributed by atoms with Gasteiger partial charge in [0, 0.05) is 23.5 Å². The molecular formula is C17H16FN3O4S. The fourth-order valence-corrected chi connectivity index (χ4v) is 3.83. The first-order valence-corrected chi connectivity index (χ1v) is 8.57. The van der Waals surface area contributed by atoms with E-state index in [1.54, 1.807) is 11.0 Å². The van der Waals surface area contributed by atoms with Gasteiger partial charge < -0.3 is 15.6 Å². The van der Waals surface area contributed by atoms with E-state index in [0.29, 0.717) is 24.4 Å². The third-order valence-electron chi connectivity index (χ3n) is 3.97. The summed E-state index contributed by atoms with van der Waals surface area (Å²) in [5.41, 5.74) is 6.48. The molecule has 0 aliphatic carbocycles. The Kier molecular flexibility index (Phi) is 5.01. The van der Waals surface area contributed by atoms with Crippen LogP contribution in [0, 0.1) is 11.2 Å². The summed E-state index contributed by atoms with van der Waals surface area (Å²) in [6.45, 7) is 1.01. The average Bonchev–Trinajstić information content (AvgIpc) is 2.99. The van der Waals surface area contributed by atoms with Gasteiger partial charge in [-0.1, -0.05) is 0 Å². The van der Waals surface area contributed by atoms with Gasteiger partial charge in [-0.3, -0.25) is 15.1 Å². The number of hydrogen-bond donors (Lipinski definition) is 3. The zero-order valence-electron chi connectivity index (χ0n) is 13.6. The predicted molar refractivity (Wildman–Crippen MR) is 93.3 cm³/mol. The van der Waals surface area contributed by atoms with Crippen LogP contribution in [0.15, 0.2) is 24.3 Å². The maximum atomic E-state index is 14.0. The van der Waals surface area contributed by atoms with Gasteiger partial charge in [-0.2, -0.15) is 0 Å². The van der Waals surface area contributed by atoms with Gasteiger partial charge in [-0.05, 0) is 36.2 Å². The lowest BCUT2D eigenvalue weighted by Crippen LogP contribution is -2.33. The second kappa shape index (κ2) is 7.22. The molecule has 136 valence electrons. The van der Waals surface area contributed by atoms with E-state index in [0.717, 1.165) is 16.5 Å². The molecule has 1 aromatic heterocycles. The summed E-state index contributed by atoms with van der Waals surface area (Å²) in [7, 11) is 0. The molecular weight excluding hydrogens is 361 g/mol. The van der Waals surface area contributed by atoms with Gasteiger partial charge in [0.05, 0.1) is 6.54 Å². The van der Waals surface area contributed by atoms with Crippen LogP contribution in [0.3, 0.4) is 0 Å². The topological polar surface area (TPSA) is 117 Å². The molecule has 0 spiro atoms. The van der Waals surface area contributed by atoms with Crippen molar-refractivity contribution >= 4 is 29.1 Å². The van der Waals surface area contributed by atoms with E-state index in [1.165, 1.54) is 23.5 Å². The van der Waals surface area contributed by atoms with E-state index < -0.39 is 17.8 Å². The Bertz CT molecular complexity index is 896. The van der Waals surface area contributed by atoms with Crippen LogP contribution in [0.25, 0.3) is 0 Å². The van der Waals surface area contributed by atoms with E-state index in [2.05, 4.69) is 0 Å². The Morgan fingerprint density at radius 1 is 1.38 bits per heavy atom. The summed E-state index contributed by atoms with van der Waals surface area (Å²) in [6, 6.07) is 5.40. The summed E-state index contributed by atoms with van der Waals surface area (Å²) >= 11 is 1.22. The standard InChI is InChI=1S/C17H16FN3O4S/c18-11-5-10(16(19)20)1-2-12(11)25-17(24)13-6-9-3-4-21(8-15(22)23)7-14(9)26-13/h1-2,5-6H,3-4,7-8H2,(H3,19,20)(H,22,23). The van der Waals surface area contributed by atoms with E-state index in [9.17, 15) is 14.0 Å². The van der Waals surface area contributed by atoms with Crippen molar-refractivity contribution in [2.24, 2.45) is 5.73 Å². The number of nitrogens with one attached hydrogen (secondary N) is 1. The molecule has 3 rings (SSSR count). The number of ether oxygens (including phenoxy) is 1. The number of benzene rings is 1. The number of rotatable bonds is 5. The zero-order chi connectivity index (χ0) is 18.8. The number of fused-ring (bicyclic) bond motifs is 1. The van der Waals surface area contributed by atoms with Crippen molar-refractivity contribution in [3.05, 3.63) is 51.0 Å². The molecule has 0 radical (unpaired) electrons. The average molecular weight is 377 g/mol. The SMILES string of the molecule is N=C(N)c1ccc(OC(=O)c2cc3c(s2)CN(CC(=O)O)CC3)c(F)c1. The van der Waals surface area contributed by atoms with Crippen LogP contribution < -0.4 is 10.5 Å². The van der Waals surface area contributed by atoms with Crippen LogP contribution in [-0.2, 0) is 17.8 Å². The number of nitrogens with two attached hydrogens (primary N) is 1. The van der Waals surface area contributed by atoms with Gasteiger partial charge >= 0.3 is 11.9 Å². The second-order valence-corrected chi connectivity index (χ2v) is 7.00. The minimum Gasteiger partial charge on any atom is -0.480 e. The van der Waals surface area contributed by atoms with Crippen molar-refractivity contribution in [1.29, 1.82) is 5.41 Å². The van der Waals surface area contributed by atoms with Crippen LogP contribution in [0.5, 0.6) is 5.75 Å². The monoisotopic (exact) mass is 377 g/mol. The minimum absolute atomic E-state index is 0.0508. The number of thiophene rings is 1. The lowest BCUT2D eigenvalue weighted by Gasteiger charge is -2.24. The molecule has 26 heavy (non-hydrogen) atoms. The highest BCUT2D eigenvalue weighted by Crippen LogP contribution is 2.29. The van der Waals surface area contributed by atoms with Crippen molar-refractivity contribution in [2.45, 2.75) is 13.0 Å². The number of carboxylic acids is 1. The smallest absolute Gasteiger partial charge is 0.353 e. The highest BCUT2D eigenvalue weighted by Gasteiger charge is 2.24. The number of esters is 1. The molecule has 0 saturated heterocycles. The zero-order valence-corrected chi connectivity index (χ0v) is 14.4. The van der Waals surface area contributed by atoms with Gasteiger partial charge in [0.1, 0.15) is 10.7 Å². The molecule has 0 bridgehead atoms. The number of nitrogens with zero attached hydrogens (tertiary/aromatic N) is 1. The molecule has 0 fully saturated rings. The van der Waals surface area contributed by atoms with Crippen molar-refractivity contribution in [3.8, 4) is 5.75 Å². The Hall–Kier alpha value is -2.78. The first kappa shape index (κ1) is 18.0. The highest BCUT2D eigenvalue weighted by molar-refractivity contribution is 7.14. The Morgan fingerprint density at radius 2 is 2.15 bits per heavy atom. The molecule has 4 N–H and O–H groups in total. The largest absolute Gasteiger partial charge is 0.480 e. The van der Waals surface area contributed by atoms with Gasteiger partial charge in [0.25, 0.3) is 0 Å². The van der Waals surface area contributed by atoms with Crippen LogP contribution in [0.2, 0.25) is 0 Å². The Morgan fingerprint density at radius 3 is 2.81 bits per heavy atom. The number of carbonyl (C=O) groups is 2. The normalized spacial score (nSPS) is 13.9. The summed E-state index contributed by atoms with van der Waals surface area (Å²) in [5.74, 6) is -2.87. The van der Waals surface area contributed by atoms with E-state index >= 15 is 0 Å². The fraction of sp³-hybridized carbons (Fsp3) is 0.235. The van der Waals surface area contributed by atoms with Crippen molar-refractivity contribution < 1.29 is 23.8 Å². The quantitative estimate of drug-likeness (QED) is 0.317. The van der Waals surface area contributed by atoms with Gasteiger partial charge in [-0.15, -0.1) is 11.3 Å². The van der Waals surface area contributed by atoms with Crippen LogP contribution in [0.1, 0.15) is 25.7 Å². The second-order valence-electron chi connectivity index (χ2n) is 5.86. The lowest BCUT2D eigenvalue weighted by molar-refractivity contribution is -0.138. The van der Waals surface area contributed by atoms with Gasteiger partial charge in [-0.25, -0.2) is 9.18 Å². The molecule has 0 saturated carbocycles. The number of halogens is 1. The Balaban J connectivity index is 1.73. The van der Waals surface area contributed by atoms with Gasteiger partial charge in [0.15, 0.2) is 11.6 Å². The first-order valence-electron chi connectivity index (χ1n) is 7.75. The number of carboxylic acid groups (broad SMARTS) is 1. The molecule has 1 aliphatic heterocycles. The van der Waals surface area contributed by atoms with E-state index in [-0.39, 0.29) is 23.7 Å². The number of nitrogen functional groups attached to an aromatic ring is 1. The summed E-state index contributed by atoms with van der Waals surface area (Å²) < 4.78 is 19.1. The maximum Gasteiger partial charge on any atom is 0.353 e. The molecule has 1 aliphatic rings. The molecule has 1 aromatic carbocycles. The molecule has 9 heteroatoms. The van der Waals surface area contributed by atoms with Crippen LogP contribution >= 0.6 is 11.3 Å². The molecule has 7 nitrogen and oxygen atoms in total. The van der Waals surface area contributed by atoms with Crippen molar-refractivity contribution in [3.63, 3.8) is 0 Å². The third-order valence-corrected chi connectivity index (χ3v) is 5.11. The van der Waals surface area contributed by atoms with Gasteiger partial charge in [0.2, 0.25) is 0 Å². The number of amidine groups is 1. The Labute approximate surface area is 152 Å². The van der Waals surface area contributed by atoms with E-state index in [4.69, 9.17) is 21.0 Å². The summed E-state index contributed by atoms with van der Waals surface area (Å²) in [5, 5.41) is 16.2. The maximum absolute atomic E-state index is 14.0. The summed E-state index contributed by atoms with van der Waals surface area (Å²) in [6.07, 6.45) is 0.647. The minimum atomic E-state index is -0.894. The molecule has 0 atom stereocenters. The van der Waals surface area contributed by atoms with Crippen LogP contribution in [0.4, 0.5) is 4.39 Å². The molecule has 0 unspecified atom stereocenters. The predicted octanol–water partition coefficient (Wildman–Crippen LogP) is 1.83. The highest BCUT2D eigenvalue weighted by atomic mass is 32.1. The summed E-state index contributed by atoms with van der Waals surface area (Å²) in [4.78, 5) is 26.2. The van der Waals surface area contributed by atoms with Crippen LogP contribution in [-0.4, -0.2) is 40.9 Å². The van der Waals surface area contributed by atoms with E-state index in [1.807, 2.05) is 0 Å². The molecule has 0 amide bonds. The number of carbonyl (C=O) groups excluding carboxylic acids is 1. The van der Waals surface area contributed by atoms with Crippen molar-refractivity contribution in [2.75, 3.05) is 13.1 Å². The molecule has 2 heterocycles. The number of aliphatic carboxylic acids is 1. The van der Waals surface area contributed by atoms with Crippen molar-refractivity contribution in [1.82, 2.24) is 4.90 Å². The number of hydrogen-bond acceptors (Lipinski definition) is 6. The molecule has 2 aromatic rings.